The van der Waals surface area contributed by atoms with Gasteiger partial charge in [0.2, 0.25) is 0 Å². The van der Waals surface area contributed by atoms with Crippen molar-refractivity contribution in [1.82, 2.24) is 15.0 Å². The molecular formula is C23H22N4O2S. The molecule has 1 amide bonds. The smallest absolute Gasteiger partial charge is 0.259 e. The van der Waals surface area contributed by atoms with Crippen molar-refractivity contribution in [2.75, 3.05) is 18.4 Å². The molecule has 3 aromatic heterocycles. The normalized spacial score (nSPS) is 16.3. The quantitative estimate of drug-likeness (QED) is 0.511. The van der Waals surface area contributed by atoms with Crippen molar-refractivity contribution in [2.45, 2.75) is 26.3 Å². The van der Waals surface area contributed by atoms with Crippen LogP contribution in [0.4, 0.5) is 5.69 Å². The summed E-state index contributed by atoms with van der Waals surface area (Å²) < 4.78 is 5.43. The largest absolute Gasteiger partial charge is 0.380 e. The molecule has 5 rings (SSSR count). The molecule has 1 atom stereocenters. The third-order valence-electron chi connectivity index (χ3n) is 5.46. The molecule has 152 valence electrons. The highest BCUT2D eigenvalue weighted by Crippen LogP contribution is 2.32. The highest BCUT2D eigenvalue weighted by atomic mass is 32.1. The number of rotatable bonds is 4. The monoisotopic (exact) mass is 418 g/mol. The van der Waals surface area contributed by atoms with Crippen LogP contribution in [0, 0.1) is 13.8 Å². The first-order valence-corrected chi connectivity index (χ1v) is 10.8. The fraction of sp³-hybridized carbons (Fsp3) is 0.261. The lowest BCUT2D eigenvalue weighted by Gasteiger charge is -2.18. The molecule has 30 heavy (non-hydrogen) atoms. The summed E-state index contributed by atoms with van der Waals surface area (Å²) in [5.74, 6) is 0.000546. The van der Waals surface area contributed by atoms with Crippen molar-refractivity contribution in [3.05, 3.63) is 64.7 Å². The van der Waals surface area contributed by atoms with Crippen LogP contribution in [-0.2, 0) is 0 Å². The number of nitrogens with one attached hydrogen (secondary N) is 1. The number of fused-ring (bicyclic) bond motifs is 1. The van der Waals surface area contributed by atoms with Gasteiger partial charge in [0, 0.05) is 29.7 Å². The van der Waals surface area contributed by atoms with Crippen molar-refractivity contribution in [3.63, 3.8) is 0 Å². The van der Waals surface area contributed by atoms with E-state index < -0.39 is 0 Å². The molecule has 0 radical (unpaired) electrons. The summed E-state index contributed by atoms with van der Waals surface area (Å²) in [4.78, 5) is 22.2. The van der Waals surface area contributed by atoms with Gasteiger partial charge in [0.25, 0.3) is 11.6 Å². The van der Waals surface area contributed by atoms with Gasteiger partial charge in [-0.15, -0.1) is 11.3 Å². The Kier molecular flexibility index (Phi) is 4.75. The maximum absolute atomic E-state index is 13.5. The second-order valence-electron chi connectivity index (χ2n) is 7.66. The lowest BCUT2D eigenvalue weighted by atomic mass is 10.1. The first kappa shape index (κ1) is 18.8. The molecular weight excluding hydrogens is 396 g/mol. The number of carbonyl (C=O) groups is 1. The number of aryl methyl sites for hydroxylation is 2. The summed E-state index contributed by atoms with van der Waals surface area (Å²) in [7, 11) is 0. The maximum Gasteiger partial charge on any atom is 0.259 e. The second kappa shape index (κ2) is 7.57. The van der Waals surface area contributed by atoms with Crippen molar-refractivity contribution < 1.29 is 9.32 Å². The zero-order chi connectivity index (χ0) is 20.7. The third kappa shape index (κ3) is 3.45. The number of hydrogen-bond donors (Lipinski definition) is 1. The summed E-state index contributed by atoms with van der Waals surface area (Å²) in [6.45, 7) is 5.28. The minimum absolute atomic E-state index is 0.000546. The zero-order valence-corrected chi connectivity index (χ0v) is 17.7. The molecule has 1 saturated heterocycles. The zero-order valence-electron chi connectivity index (χ0n) is 16.9. The number of anilines is 1. The molecule has 1 fully saturated rings. The predicted octanol–water partition coefficient (Wildman–Crippen LogP) is 4.89. The van der Waals surface area contributed by atoms with Crippen LogP contribution in [0.1, 0.15) is 27.3 Å². The fourth-order valence-corrected chi connectivity index (χ4v) is 4.79. The van der Waals surface area contributed by atoms with Crippen LogP contribution in [-0.4, -0.2) is 40.1 Å². The van der Waals surface area contributed by atoms with E-state index in [1.807, 2.05) is 54.3 Å². The molecule has 4 heterocycles. The Morgan fingerprint density at radius 3 is 2.80 bits per heavy atom. The van der Waals surface area contributed by atoms with Crippen LogP contribution in [0.5, 0.6) is 0 Å². The Balaban J connectivity index is 1.45. The van der Waals surface area contributed by atoms with E-state index in [1.165, 1.54) is 4.88 Å². The van der Waals surface area contributed by atoms with E-state index in [9.17, 15) is 4.79 Å². The highest BCUT2D eigenvalue weighted by Gasteiger charge is 2.29. The standard InChI is InChI=1S/C23H22N4O2S/c1-14-8-9-20(30-14)19-12-18(21-15(2)26-29-22(21)25-19)23(28)27-11-10-17(13-27)24-16-6-4-3-5-7-16/h3-9,12,17,24H,10-11,13H2,1-2H3. The molecule has 6 nitrogen and oxygen atoms in total. The molecule has 1 aliphatic heterocycles. The van der Waals surface area contributed by atoms with E-state index in [4.69, 9.17) is 4.52 Å². The topological polar surface area (TPSA) is 71.3 Å². The average Bonchev–Trinajstić information content (AvgIpc) is 3.48. The lowest BCUT2D eigenvalue weighted by Crippen LogP contribution is -2.31. The van der Waals surface area contributed by atoms with E-state index in [1.54, 1.807) is 11.3 Å². The van der Waals surface area contributed by atoms with Gasteiger partial charge in [-0.25, -0.2) is 4.98 Å². The Morgan fingerprint density at radius 1 is 1.20 bits per heavy atom. The number of nitrogens with zero attached hydrogens (tertiary/aromatic N) is 3. The Labute approximate surface area is 178 Å². The van der Waals surface area contributed by atoms with Crippen molar-refractivity contribution in [3.8, 4) is 10.6 Å². The van der Waals surface area contributed by atoms with Crippen LogP contribution >= 0.6 is 11.3 Å². The van der Waals surface area contributed by atoms with E-state index >= 15 is 0 Å². The Morgan fingerprint density at radius 2 is 2.03 bits per heavy atom. The first-order valence-electron chi connectivity index (χ1n) is 10.0. The lowest BCUT2D eigenvalue weighted by molar-refractivity contribution is 0.0793. The average molecular weight is 419 g/mol. The van der Waals surface area contributed by atoms with E-state index in [0.717, 1.165) is 22.7 Å². The maximum atomic E-state index is 13.5. The molecule has 1 aliphatic rings. The molecule has 7 heteroatoms. The van der Waals surface area contributed by atoms with E-state index in [2.05, 4.69) is 28.4 Å². The third-order valence-corrected chi connectivity index (χ3v) is 6.48. The minimum atomic E-state index is 0.000546. The van der Waals surface area contributed by atoms with Crippen molar-refractivity contribution >= 4 is 34.0 Å². The molecule has 0 aliphatic carbocycles. The van der Waals surface area contributed by atoms with Crippen LogP contribution in [0.3, 0.4) is 0 Å². The van der Waals surface area contributed by atoms with Crippen LogP contribution in [0.15, 0.2) is 53.1 Å². The number of carbonyl (C=O) groups excluding carboxylic acids is 1. The van der Waals surface area contributed by atoms with Crippen molar-refractivity contribution in [2.24, 2.45) is 0 Å². The number of thiophene rings is 1. The molecule has 0 bridgehead atoms. The minimum Gasteiger partial charge on any atom is -0.380 e. The molecule has 1 aromatic carbocycles. The Hall–Kier alpha value is -3.19. The highest BCUT2D eigenvalue weighted by molar-refractivity contribution is 7.15. The predicted molar refractivity (Wildman–Crippen MR) is 119 cm³/mol. The number of benzene rings is 1. The number of amides is 1. The summed E-state index contributed by atoms with van der Waals surface area (Å²) in [5.41, 5.74) is 3.54. The molecule has 4 aromatic rings. The van der Waals surface area contributed by atoms with Gasteiger partial charge in [-0.1, -0.05) is 23.4 Å². The van der Waals surface area contributed by atoms with Gasteiger partial charge < -0.3 is 14.7 Å². The number of hydrogen-bond acceptors (Lipinski definition) is 6. The number of para-hydroxylation sites is 1. The summed E-state index contributed by atoms with van der Waals surface area (Å²) >= 11 is 1.65. The number of aromatic nitrogens is 2. The van der Waals surface area contributed by atoms with E-state index in [0.29, 0.717) is 35.4 Å². The fourth-order valence-electron chi connectivity index (χ4n) is 3.96. The molecule has 1 N–H and O–H groups in total. The SMILES string of the molecule is Cc1ccc(-c2cc(C(=O)N3CCC(Nc4ccccc4)C3)c3c(C)noc3n2)s1. The summed E-state index contributed by atoms with van der Waals surface area (Å²) in [5, 5.41) is 8.29. The van der Waals surface area contributed by atoms with Gasteiger partial charge >= 0.3 is 0 Å². The van der Waals surface area contributed by atoms with Gasteiger partial charge in [-0.3, -0.25) is 4.79 Å². The van der Waals surface area contributed by atoms with Crippen LogP contribution < -0.4 is 5.32 Å². The first-order chi connectivity index (χ1) is 14.6. The number of pyridine rings is 1. The van der Waals surface area contributed by atoms with Crippen molar-refractivity contribution in [1.29, 1.82) is 0 Å². The van der Waals surface area contributed by atoms with Crippen LogP contribution in [0.25, 0.3) is 21.7 Å². The van der Waals surface area contributed by atoms with Gasteiger partial charge in [0.1, 0.15) is 0 Å². The van der Waals surface area contributed by atoms with E-state index in [-0.39, 0.29) is 11.9 Å². The Bertz CT molecular complexity index is 1210. The van der Waals surface area contributed by atoms with Gasteiger partial charge in [0.15, 0.2) is 0 Å². The second-order valence-corrected chi connectivity index (χ2v) is 8.95. The molecule has 0 saturated carbocycles. The summed E-state index contributed by atoms with van der Waals surface area (Å²) in [6, 6.07) is 16.3. The van der Waals surface area contributed by atoms with Gasteiger partial charge in [-0.05, 0) is 50.6 Å². The van der Waals surface area contributed by atoms with Gasteiger partial charge in [-0.2, -0.15) is 0 Å². The number of likely N-dealkylation sites (tertiary alicyclic amines) is 1. The molecule has 0 spiro atoms. The molecule has 1 unspecified atom stereocenters. The summed E-state index contributed by atoms with van der Waals surface area (Å²) in [6.07, 6.45) is 0.911. The van der Waals surface area contributed by atoms with Gasteiger partial charge in [0.05, 0.1) is 27.2 Å². The van der Waals surface area contributed by atoms with Crippen LogP contribution in [0.2, 0.25) is 0 Å².